The Balaban J connectivity index is 1.94. The number of hydrogen-bond donors (Lipinski definition) is 2. The van der Waals surface area contributed by atoms with Gasteiger partial charge in [0.1, 0.15) is 10.4 Å². The zero-order valence-corrected chi connectivity index (χ0v) is 16.0. The number of nitrogens with two attached hydrogens (primary N) is 1. The largest absolute Gasteiger partial charge is 0.480 e. The molecule has 2 aromatic rings. The van der Waals surface area contributed by atoms with Gasteiger partial charge in [-0.25, -0.2) is 4.79 Å². The van der Waals surface area contributed by atoms with E-state index in [1.54, 1.807) is 6.08 Å². The summed E-state index contributed by atoms with van der Waals surface area (Å²) in [5.74, 6) is -2.33. The zero-order chi connectivity index (χ0) is 19.7. The Hall–Kier alpha value is -2.65. The smallest absolute Gasteiger partial charge is 0.326 e. The summed E-state index contributed by atoms with van der Waals surface area (Å²) in [6.45, 7) is 0. The van der Waals surface area contributed by atoms with Crippen LogP contribution in [0.4, 0.5) is 0 Å². The molecular weight excluding hydrogens is 386 g/mol. The van der Waals surface area contributed by atoms with Gasteiger partial charge < -0.3 is 15.4 Å². The SMILES string of the molecule is Cn1cc(/C=C2\SC(=S)N(C(CCC(N)=O)C(=O)O)C2=O)c2ccccc21. The molecule has 27 heavy (non-hydrogen) atoms. The monoisotopic (exact) mass is 403 g/mol. The lowest BCUT2D eigenvalue weighted by Crippen LogP contribution is -2.44. The molecule has 3 rings (SSSR count). The number of fused-ring (bicyclic) bond motifs is 1. The van der Waals surface area contributed by atoms with E-state index in [0.717, 1.165) is 33.1 Å². The molecule has 7 nitrogen and oxygen atoms in total. The molecule has 0 saturated carbocycles. The first kappa shape index (κ1) is 19.1. The van der Waals surface area contributed by atoms with Crippen LogP contribution in [-0.2, 0) is 21.4 Å². The van der Waals surface area contributed by atoms with Crippen LogP contribution in [0.3, 0.4) is 0 Å². The summed E-state index contributed by atoms with van der Waals surface area (Å²) in [5, 5.41) is 10.4. The minimum atomic E-state index is -1.22. The summed E-state index contributed by atoms with van der Waals surface area (Å²) in [6.07, 6.45) is 3.39. The van der Waals surface area contributed by atoms with E-state index in [2.05, 4.69) is 0 Å². The lowest BCUT2D eigenvalue weighted by atomic mass is 10.1. The molecule has 2 heterocycles. The van der Waals surface area contributed by atoms with Gasteiger partial charge in [-0.2, -0.15) is 0 Å². The van der Waals surface area contributed by atoms with E-state index >= 15 is 0 Å². The van der Waals surface area contributed by atoms with Crippen molar-refractivity contribution < 1.29 is 19.5 Å². The molecular formula is C18H17N3O4S2. The van der Waals surface area contributed by atoms with Crippen molar-refractivity contribution in [3.05, 3.63) is 40.9 Å². The highest BCUT2D eigenvalue weighted by Crippen LogP contribution is 2.36. The highest BCUT2D eigenvalue weighted by Gasteiger charge is 2.40. The maximum absolute atomic E-state index is 12.8. The molecule has 0 aliphatic carbocycles. The zero-order valence-electron chi connectivity index (χ0n) is 14.4. The van der Waals surface area contributed by atoms with Crippen LogP contribution in [0.2, 0.25) is 0 Å². The van der Waals surface area contributed by atoms with Gasteiger partial charge in [0, 0.05) is 36.1 Å². The van der Waals surface area contributed by atoms with Crippen LogP contribution < -0.4 is 5.73 Å². The highest BCUT2D eigenvalue weighted by molar-refractivity contribution is 8.26. The number of primary amides is 1. The number of aliphatic carboxylic acids is 1. The molecule has 1 aliphatic heterocycles. The summed E-state index contributed by atoms with van der Waals surface area (Å²) < 4.78 is 2.11. The van der Waals surface area contributed by atoms with Crippen molar-refractivity contribution >= 4 is 63.1 Å². The fourth-order valence-electron chi connectivity index (χ4n) is 3.02. The molecule has 140 valence electrons. The van der Waals surface area contributed by atoms with Crippen LogP contribution >= 0.6 is 24.0 Å². The van der Waals surface area contributed by atoms with E-state index in [1.165, 1.54) is 0 Å². The molecule has 1 aromatic carbocycles. The number of hydrogen-bond acceptors (Lipinski definition) is 5. The van der Waals surface area contributed by atoms with Crippen LogP contribution in [0, 0.1) is 0 Å². The molecule has 1 atom stereocenters. The maximum atomic E-state index is 12.8. The summed E-state index contributed by atoms with van der Waals surface area (Å²) in [6, 6.07) is 6.55. The van der Waals surface area contributed by atoms with E-state index in [0.29, 0.717) is 4.91 Å². The lowest BCUT2D eigenvalue weighted by molar-refractivity contribution is -0.145. The van der Waals surface area contributed by atoms with Crippen molar-refractivity contribution in [2.45, 2.75) is 18.9 Å². The summed E-state index contributed by atoms with van der Waals surface area (Å²) in [5.41, 5.74) is 6.97. The van der Waals surface area contributed by atoms with Gasteiger partial charge in [-0.05, 0) is 18.6 Å². The number of nitrogens with zero attached hydrogens (tertiary/aromatic N) is 2. The molecule has 1 unspecified atom stereocenters. The Labute approximate surface area is 164 Å². The van der Waals surface area contributed by atoms with Crippen molar-refractivity contribution in [2.24, 2.45) is 12.8 Å². The molecule has 0 bridgehead atoms. The molecule has 1 aliphatic rings. The van der Waals surface area contributed by atoms with Crippen LogP contribution in [-0.4, -0.2) is 42.7 Å². The number of carboxylic acid groups (broad SMARTS) is 1. The van der Waals surface area contributed by atoms with Gasteiger partial charge in [0.2, 0.25) is 5.91 Å². The number of carbonyl (C=O) groups excluding carboxylic acids is 2. The van der Waals surface area contributed by atoms with Gasteiger partial charge in [-0.15, -0.1) is 0 Å². The average molecular weight is 403 g/mol. The molecule has 1 saturated heterocycles. The molecule has 1 fully saturated rings. The molecule has 0 radical (unpaired) electrons. The van der Waals surface area contributed by atoms with E-state index in [-0.39, 0.29) is 17.2 Å². The number of carbonyl (C=O) groups is 3. The van der Waals surface area contributed by atoms with Gasteiger partial charge in [0.15, 0.2) is 0 Å². The second-order valence-electron chi connectivity index (χ2n) is 6.12. The van der Waals surface area contributed by atoms with Gasteiger partial charge in [0.05, 0.1) is 4.91 Å². The fraction of sp³-hybridized carbons (Fsp3) is 0.222. The number of rotatable bonds is 6. The maximum Gasteiger partial charge on any atom is 0.326 e. The third kappa shape index (κ3) is 3.74. The van der Waals surface area contributed by atoms with Crippen molar-refractivity contribution in [1.82, 2.24) is 9.47 Å². The summed E-state index contributed by atoms with van der Waals surface area (Å²) >= 11 is 6.28. The standard InChI is InChI=1S/C18H17N3O4S2/c1-20-9-10(11-4-2-3-5-12(11)20)8-14-16(23)21(18(26)27-14)13(17(24)25)6-7-15(19)22/h2-5,8-9,13H,6-7H2,1H3,(H2,19,22)(H,24,25)/b14-8-. The number of thiocarbonyl (C=S) groups is 1. The Morgan fingerprint density at radius 1 is 1.37 bits per heavy atom. The molecule has 3 N–H and O–H groups in total. The first-order chi connectivity index (χ1) is 12.8. The third-order valence-corrected chi connectivity index (χ3v) is 5.63. The average Bonchev–Trinajstić information content (AvgIpc) is 3.06. The van der Waals surface area contributed by atoms with Gasteiger partial charge in [0.25, 0.3) is 5.91 Å². The van der Waals surface area contributed by atoms with Crippen LogP contribution in [0.25, 0.3) is 17.0 Å². The third-order valence-electron chi connectivity index (χ3n) is 4.30. The lowest BCUT2D eigenvalue weighted by Gasteiger charge is -2.22. The Bertz CT molecular complexity index is 996. The fourth-order valence-corrected chi connectivity index (χ4v) is 4.37. The predicted octanol–water partition coefficient (Wildman–Crippen LogP) is 2.10. The Morgan fingerprint density at radius 2 is 2.07 bits per heavy atom. The number of carboxylic acids is 1. The van der Waals surface area contributed by atoms with E-state index < -0.39 is 23.8 Å². The van der Waals surface area contributed by atoms with E-state index in [4.69, 9.17) is 18.0 Å². The Morgan fingerprint density at radius 3 is 2.74 bits per heavy atom. The highest BCUT2D eigenvalue weighted by atomic mass is 32.2. The van der Waals surface area contributed by atoms with Gasteiger partial charge in [-0.1, -0.05) is 42.2 Å². The normalized spacial score (nSPS) is 17.1. The van der Waals surface area contributed by atoms with E-state index in [1.807, 2.05) is 42.1 Å². The van der Waals surface area contributed by atoms with Crippen LogP contribution in [0.5, 0.6) is 0 Å². The molecule has 2 amide bonds. The van der Waals surface area contributed by atoms with Crippen molar-refractivity contribution in [3.8, 4) is 0 Å². The van der Waals surface area contributed by atoms with Crippen LogP contribution in [0.15, 0.2) is 35.4 Å². The summed E-state index contributed by atoms with van der Waals surface area (Å²) in [4.78, 5) is 36.8. The van der Waals surface area contributed by atoms with Gasteiger partial charge in [-0.3, -0.25) is 14.5 Å². The van der Waals surface area contributed by atoms with Crippen molar-refractivity contribution in [3.63, 3.8) is 0 Å². The molecule has 1 aromatic heterocycles. The second kappa shape index (κ2) is 7.53. The number of amides is 2. The number of para-hydroxylation sites is 1. The minimum absolute atomic E-state index is 0.0847. The number of benzene rings is 1. The molecule has 9 heteroatoms. The second-order valence-corrected chi connectivity index (χ2v) is 7.80. The van der Waals surface area contributed by atoms with Crippen molar-refractivity contribution in [2.75, 3.05) is 0 Å². The van der Waals surface area contributed by atoms with E-state index in [9.17, 15) is 19.5 Å². The number of aryl methyl sites for hydroxylation is 1. The van der Waals surface area contributed by atoms with Gasteiger partial charge >= 0.3 is 5.97 Å². The van der Waals surface area contributed by atoms with Crippen molar-refractivity contribution in [1.29, 1.82) is 0 Å². The topological polar surface area (TPSA) is 106 Å². The number of thioether (sulfide) groups is 1. The Kier molecular flexibility index (Phi) is 5.33. The minimum Gasteiger partial charge on any atom is -0.480 e. The first-order valence-electron chi connectivity index (χ1n) is 8.12. The predicted molar refractivity (Wildman–Crippen MR) is 108 cm³/mol. The molecule has 0 spiro atoms. The first-order valence-corrected chi connectivity index (χ1v) is 9.34. The van der Waals surface area contributed by atoms with Crippen LogP contribution in [0.1, 0.15) is 18.4 Å². The summed E-state index contributed by atoms with van der Waals surface area (Å²) in [7, 11) is 1.91. The number of aromatic nitrogens is 1. The quantitative estimate of drug-likeness (QED) is 0.565.